The predicted octanol–water partition coefficient (Wildman–Crippen LogP) is 1.35. The quantitative estimate of drug-likeness (QED) is 0.716. The van der Waals surface area contributed by atoms with E-state index in [-0.39, 0.29) is 46.8 Å². The summed E-state index contributed by atoms with van der Waals surface area (Å²) in [6.07, 6.45) is 1.42. The summed E-state index contributed by atoms with van der Waals surface area (Å²) in [4.78, 5) is 10.4. The van der Waals surface area contributed by atoms with Crippen LogP contribution in [0.2, 0.25) is 0 Å². The van der Waals surface area contributed by atoms with Crippen LogP contribution in [0.15, 0.2) is 0 Å². The zero-order valence-electron chi connectivity index (χ0n) is 5.94. The molecule has 0 aromatic carbocycles. The Hall–Kier alpha value is 0.821. The Morgan fingerprint density at radius 1 is 1.44 bits per heavy atom. The molecule has 0 spiro atoms. The second-order valence-corrected chi connectivity index (χ2v) is 1.56. The van der Waals surface area contributed by atoms with Gasteiger partial charge in [-0.25, -0.2) is 0 Å². The Labute approximate surface area is 88.9 Å². The van der Waals surface area contributed by atoms with Crippen molar-refractivity contribution in [2.45, 2.75) is 26.7 Å². The van der Waals surface area contributed by atoms with Crippen molar-refractivity contribution in [2.75, 3.05) is 6.61 Å². The zero-order valence-corrected chi connectivity index (χ0v) is 9.15. The molecule has 0 aliphatic heterocycles. The van der Waals surface area contributed by atoms with E-state index in [0.717, 1.165) is 6.42 Å². The Morgan fingerprint density at radius 3 is 2.33 bits per heavy atom. The van der Waals surface area contributed by atoms with E-state index in [2.05, 4.69) is 4.74 Å². The fourth-order valence-electron chi connectivity index (χ4n) is 0.437. The molecule has 2 nitrogen and oxygen atoms in total. The molecule has 0 rings (SSSR count). The van der Waals surface area contributed by atoms with Gasteiger partial charge in [0.25, 0.3) is 0 Å². The van der Waals surface area contributed by atoms with E-state index >= 15 is 0 Å². The van der Waals surface area contributed by atoms with E-state index in [4.69, 9.17) is 0 Å². The molecule has 0 radical (unpaired) electrons. The maximum absolute atomic E-state index is 10.4. The third-order valence-corrected chi connectivity index (χ3v) is 0.759. The largest absolute Gasteiger partial charge is 0.466 e. The minimum absolute atomic E-state index is 0. The van der Waals surface area contributed by atoms with Crippen molar-refractivity contribution in [3.8, 4) is 0 Å². The number of esters is 1. The standard InChI is InChI=1S/C6H12O2.Nd/c1-3-5-6(7)8-4-2;/h3-5H2,1-2H3;. The van der Waals surface area contributed by atoms with Crippen LogP contribution in [-0.2, 0) is 9.53 Å². The molecule has 0 aromatic heterocycles. The van der Waals surface area contributed by atoms with Gasteiger partial charge < -0.3 is 4.74 Å². The SMILES string of the molecule is CCCC(=O)OCC.[Nd]. The summed E-state index contributed by atoms with van der Waals surface area (Å²) >= 11 is 0. The van der Waals surface area contributed by atoms with Crippen molar-refractivity contribution < 1.29 is 50.4 Å². The number of rotatable bonds is 3. The summed E-state index contributed by atoms with van der Waals surface area (Å²) in [5, 5.41) is 0. The molecule has 0 bridgehead atoms. The molecule has 0 unspecified atom stereocenters. The van der Waals surface area contributed by atoms with Crippen LogP contribution in [0.3, 0.4) is 0 Å². The van der Waals surface area contributed by atoms with Gasteiger partial charge in [0.15, 0.2) is 0 Å². The van der Waals surface area contributed by atoms with Crippen LogP contribution in [0.5, 0.6) is 0 Å². The summed E-state index contributed by atoms with van der Waals surface area (Å²) in [6, 6.07) is 0. The molecule has 52 valence electrons. The molecule has 0 aliphatic rings. The Morgan fingerprint density at radius 2 is 2.00 bits per heavy atom. The van der Waals surface area contributed by atoms with E-state index in [1.807, 2.05) is 13.8 Å². The first-order valence-electron chi connectivity index (χ1n) is 2.96. The van der Waals surface area contributed by atoms with Gasteiger partial charge in [-0.05, 0) is 13.3 Å². The molecule has 0 fully saturated rings. The van der Waals surface area contributed by atoms with Crippen LogP contribution in [0.25, 0.3) is 0 Å². The van der Waals surface area contributed by atoms with Crippen LogP contribution in [0.4, 0.5) is 0 Å². The van der Waals surface area contributed by atoms with Crippen LogP contribution in [-0.4, -0.2) is 12.6 Å². The molecule has 0 aromatic rings. The van der Waals surface area contributed by atoms with Crippen molar-refractivity contribution in [1.29, 1.82) is 0 Å². The minimum Gasteiger partial charge on any atom is -0.466 e. The van der Waals surface area contributed by atoms with Gasteiger partial charge in [0.1, 0.15) is 0 Å². The summed E-state index contributed by atoms with van der Waals surface area (Å²) in [6.45, 7) is 4.27. The van der Waals surface area contributed by atoms with Gasteiger partial charge >= 0.3 is 5.97 Å². The van der Waals surface area contributed by atoms with E-state index in [0.29, 0.717) is 13.0 Å². The number of carbonyl (C=O) groups excluding carboxylic acids is 1. The normalized spacial score (nSPS) is 7.78. The average molecular weight is 260 g/mol. The smallest absolute Gasteiger partial charge is 0.305 e. The Bertz CT molecular complexity index is 65.5. The fourth-order valence-corrected chi connectivity index (χ4v) is 0.437. The van der Waals surface area contributed by atoms with Crippen LogP contribution < -0.4 is 0 Å². The fraction of sp³-hybridized carbons (Fsp3) is 0.833. The molecule has 0 heterocycles. The monoisotopic (exact) mass is 258 g/mol. The molecule has 0 saturated heterocycles. The molecule has 9 heavy (non-hydrogen) atoms. The van der Waals surface area contributed by atoms with E-state index < -0.39 is 0 Å². The Balaban J connectivity index is 0. The third-order valence-electron chi connectivity index (χ3n) is 0.759. The van der Waals surface area contributed by atoms with Gasteiger partial charge in [0, 0.05) is 47.3 Å². The maximum Gasteiger partial charge on any atom is 0.305 e. The third kappa shape index (κ3) is 8.82. The first kappa shape index (κ1) is 12.5. The molecule has 0 N–H and O–H groups in total. The minimum atomic E-state index is -0.0880. The number of hydrogen-bond acceptors (Lipinski definition) is 2. The van der Waals surface area contributed by atoms with Gasteiger partial charge in [-0.2, -0.15) is 0 Å². The first-order valence-corrected chi connectivity index (χ1v) is 2.96. The first-order chi connectivity index (χ1) is 3.81. The van der Waals surface area contributed by atoms with Crippen LogP contribution >= 0.6 is 0 Å². The van der Waals surface area contributed by atoms with Crippen molar-refractivity contribution in [3.05, 3.63) is 0 Å². The summed E-state index contributed by atoms with van der Waals surface area (Å²) in [7, 11) is 0. The topological polar surface area (TPSA) is 26.3 Å². The molecule has 0 saturated carbocycles. The van der Waals surface area contributed by atoms with Gasteiger partial charge in [-0.15, -0.1) is 0 Å². The second-order valence-electron chi connectivity index (χ2n) is 1.56. The maximum atomic E-state index is 10.4. The van der Waals surface area contributed by atoms with Gasteiger partial charge in [-0.1, -0.05) is 6.92 Å². The summed E-state index contributed by atoms with van der Waals surface area (Å²) < 4.78 is 4.64. The molecular weight excluding hydrogens is 248 g/mol. The second kappa shape index (κ2) is 8.82. The Kier molecular flexibility index (Phi) is 12.2. The summed E-state index contributed by atoms with van der Waals surface area (Å²) in [5.74, 6) is -0.0880. The van der Waals surface area contributed by atoms with E-state index in [1.54, 1.807) is 0 Å². The number of carbonyl (C=O) groups is 1. The van der Waals surface area contributed by atoms with Crippen LogP contribution in [0.1, 0.15) is 26.7 Å². The molecule has 0 amide bonds. The molecule has 0 aliphatic carbocycles. The molecule has 3 heteroatoms. The van der Waals surface area contributed by atoms with Crippen molar-refractivity contribution in [1.82, 2.24) is 0 Å². The number of hydrogen-bond donors (Lipinski definition) is 0. The van der Waals surface area contributed by atoms with Gasteiger partial charge in [0.2, 0.25) is 0 Å². The average Bonchev–Trinajstić information content (AvgIpc) is 1.68. The van der Waals surface area contributed by atoms with Crippen LogP contribution in [0, 0.1) is 40.8 Å². The zero-order chi connectivity index (χ0) is 6.41. The van der Waals surface area contributed by atoms with Gasteiger partial charge in [0.05, 0.1) is 6.61 Å². The van der Waals surface area contributed by atoms with Crippen molar-refractivity contribution >= 4 is 5.97 Å². The van der Waals surface area contributed by atoms with Crippen molar-refractivity contribution in [2.24, 2.45) is 0 Å². The molecular formula is C6H12NdO2. The van der Waals surface area contributed by atoms with Gasteiger partial charge in [-0.3, -0.25) is 4.79 Å². The van der Waals surface area contributed by atoms with Crippen molar-refractivity contribution in [3.63, 3.8) is 0 Å². The van der Waals surface area contributed by atoms with E-state index in [9.17, 15) is 4.79 Å². The van der Waals surface area contributed by atoms with E-state index in [1.165, 1.54) is 0 Å². The summed E-state index contributed by atoms with van der Waals surface area (Å²) in [5.41, 5.74) is 0. The number of ether oxygens (including phenoxy) is 1. The predicted molar refractivity (Wildman–Crippen MR) is 31.5 cm³/mol. The molecule has 0 atom stereocenters.